The van der Waals surface area contributed by atoms with Gasteiger partial charge in [0.05, 0.1) is 19.0 Å². The minimum absolute atomic E-state index is 0.344. The molecule has 0 saturated heterocycles. The molecule has 0 aliphatic heterocycles. The maximum atomic E-state index is 9.70. The van der Waals surface area contributed by atoms with Crippen LogP contribution in [0.25, 0.3) is 0 Å². The Morgan fingerprint density at radius 1 is 1.50 bits per heavy atom. The number of furan rings is 1. The monoisotopic (exact) mass is 253 g/mol. The highest BCUT2D eigenvalue weighted by molar-refractivity contribution is 4.96. The van der Waals surface area contributed by atoms with Gasteiger partial charge in [0.1, 0.15) is 12.4 Å². The standard InChI is InChI=1S/C14H23NO3/c16-13(9-15-7-6-12-3-1-4-12)10-17-11-14-5-2-8-18-14/h2,5,8,12-13,15-16H,1,3-4,6-7,9-11H2. The predicted molar refractivity (Wildman–Crippen MR) is 69.2 cm³/mol. The highest BCUT2D eigenvalue weighted by atomic mass is 16.5. The van der Waals surface area contributed by atoms with Crippen LogP contribution in [0.1, 0.15) is 31.4 Å². The van der Waals surface area contributed by atoms with Crippen LogP contribution in [0.2, 0.25) is 0 Å². The van der Waals surface area contributed by atoms with E-state index in [2.05, 4.69) is 5.32 Å². The molecule has 4 nitrogen and oxygen atoms in total. The first-order valence-corrected chi connectivity index (χ1v) is 6.83. The SMILES string of the molecule is OC(CNCCC1CCC1)COCc1ccco1. The molecule has 1 atom stereocenters. The number of rotatable bonds is 9. The molecule has 0 amide bonds. The van der Waals surface area contributed by atoms with E-state index in [1.807, 2.05) is 12.1 Å². The number of hydrogen-bond acceptors (Lipinski definition) is 4. The molecule has 1 saturated carbocycles. The third kappa shape index (κ3) is 4.80. The summed E-state index contributed by atoms with van der Waals surface area (Å²) < 4.78 is 10.5. The Balaban J connectivity index is 1.43. The van der Waals surface area contributed by atoms with E-state index in [1.54, 1.807) is 6.26 Å². The van der Waals surface area contributed by atoms with Crippen LogP contribution in [0, 0.1) is 5.92 Å². The second kappa shape index (κ2) is 7.56. The molecule has 0 bridgehead atoms. The number of hydrogen-bond donors (Lipinski definition) is 2. The minimum Gasteiger partial charge on any atom is -0.467 e. The third-order valence-corrected chi connectivity index (χ3v) is 3.47. The summed E-state index contributed by atoms with van der Waals surface area (Å²) in [5, 5.41) is 13.0. The summed E-state index contributed by atoms with van der Waals surface area (Å²) in [4.78, 5) is 0. The lowest BCUT2D eigenvalue weighted by Crippen LogP contribution is -2.32. The number of aliphatic hydroxyl groups is 1. The van der Waals surface area contributed by atoms with Crippen molar-refractivity contribution in [1.82, 2.24) is 5.32 Å². The van der Waals surface area contributed by atoms with Crippen molar-refractivity contribution < 1.29 is 14.3 Å². The number of aliphatic hydroxyl groups excluding tert-OH is 1. The lowest BCUT2D eigenvalue weighted by Gasteiger charge is -2.25. The maximum absolute atomic E-state index is 9.70. The molecule has 1 aliphatic rings. The number of ether oxygens (including phenoxy) is 1. The Morgan fingerprint density at radius 2 is 2.39 bits per heavy atom. The van der Waals surface area contributed by atoms with Gasteiger partial charge in [-0.2, -0.15) is 0 Å². The summed E-state index contributed by atoms with van der Waals surface area (Å²) in [7, 11) is 0. The molecule has 0 radical (unpaired) electrons. The van der Waals surface area contributed by atoms with Crippen LogP contribution in [-0.4, -0.2) is 30.9 Å². The Labute approximate surface area is 108 Å². The molecule has 1 heterocycles. The first kappa shape index (κ1) is 13.6. The molecule has 4 heteroatoms. The zero-order chi connectivity index (χ0) is 12.6. The van der Waals surface area contributed by atoms with Gasteiger partial charge in [-0.3, -0.25) is 0 Å². The molecule has 1 aliphatic carbocycles. The zero-order valence-electron chi connectivity index (χ0n) is 10.8. The van der Waals surface area contributed by atoms with E-state index in [4.69, 9.17) is 9.15 Å². The summed E-state index contributed by atoms with van der Waals surface area (Å²) in [5.74, 6) is 1.71. The van der Waals surface area contributed by atoms with Crippen molar-refractivity contribution in [3.05, 3.63) is 24.2 Å². The summed E-state index contributed by atoms with van der Waals surface area (Å²) in [6.07, 6.45) is 6.58. The van der Waals surface area contributed by atoms with Crippen LogP contribution >= 0.6 is 0 Å². The van der Waals surface area contributed by atoms with Gasteiger partial charge in [-0.1, -0.05) is 19.3 Å². The minimum atomic E-state index is -0.443. The average Bonchev–Trinajstić information content (AvgIpc) is 2.79. The van der Waals surface area contributed by atoms with Gasteiger partial charge in [0.15, 0.2) is 0 Å². The molecule has 0 aromatic carbocycles. The van der Waals surface area contributed by atoms with Crippen molar-refractivity contribution in [2.24, 2.45) is 5.92 Å². The Hall–Kier alpha value is -0.840. The topological polar surface area (TPSA) is 54.6 Å². The highest BCUT2D eigenvalue weighted by Gasteiger charge is 2.16. The molecular formula is C14H23NO3. The first-order valence-electron chi connectivity index (χ1n) is 6.83. The lowest BCUT2D eigenvalue weighted by atomic mass is 9.83. The highest BCUT2D eigenvalue weighted by Crippen LogP contribution is 2.28. The fraction of sp³-hybridized carbons (Fsp3) is 0.714. The van der Waals surface area contributed by atoms with Crippen LogP contribution in [0.4, 0.5) is 0 Å². The molecule has 1 unspecified atom stereocenters. The van der Waals surface area contributed by atoms with Gasteiger partial charge in [-0.15, -0.1) is 0 Å². The Bertz CT molecular complexity index is 309. The summed E-state index contributed by atoms with van der Waals surface area (Å²) in [6, 6.07) is 3.69. The molecule has 2 rings (SSSR count). The van der Waals surface area contributed by atoms with E-state index in [-0.39, 0.29) is 0 Å². The second-order valence-electron chi connectivity index (χ2n) is 5.04. The van der Waals surface area contributed by atoms with Crippen LogP contribution < -0.4 is 5.32 Å². The molecule has 0 spiro atoms. The van der Waals surface area contributed by atoms with Crippen LogP contribution in [0.5, 0.6) is 0 Å². The fourth-order valence-electron chi connectivity index (χ4n) is 2.11. The van der Waals surface area contributed by atoms with Gasteiger partial charge in [0, 0.05) is 6.54 Å². The third-order valence-electron chi connectivity index (χ3n) is 3.47. The van der Waals surface area contributed by atoms with Crippen LogP contribution in [0.3, 0.4) is 0 Å². The lowest BCUT2D eigenvalue weighted by molar-refractivity contribution is 0.0225. The van der Waals surface area contributed by atoms with E-state index in [1.165, 1.54) is 25.7 Å². The molecule has 1 aromatic rings. The predicted octanol–water partition coefficient (Wildman–Crippen LogP) is 1.94. The summed E-state index contributed by atoms with van der Waals surface area (Å²) >= 11 is 0. The Kier molecular flexibility index (Phi) is 5.71. The molecule has 2 N–H and O–H groups in total. The van der Waals surface area contributed by atoms with Gasteiger partial charge in [-0.25, -0.2) is 0 Å². The normalized spacial score (nSPS) is 17.6. The van der Waals surface area contributed by atoms with E-state index < -0.39 is 6.10 Å². The van der Waals surface area contributed by atoms with Gasteiger partial charge in [0.2, 0.25) is 0 Å². The van der Waals surface area contributed by atoms with Crippen molar-refractivity contribution in [1.29, 1.82) is 0 Å². The smallest absolute Gasteiger partial charge is 0.129 e. The Morgan fingerprint density at radius 3 is 3.06 bits per heavy atom. The van der Waals surface area contributed by atoms with Crippen molar-refractivity contribution in [2.45, 2.75) is 38.4 Å². The van der Waals surface area contributed by atoms with Gasteiger partial charge in [0.25, 0.3) is 0 Å². The van der Waals surface area contributed by atoms with Crippen LogP contribution in [-0.2, 0) is 11.3 Å². The van der Waals surface area contributed by atoms with Gasteiger partial charge in [-0.05, 0) is 31.0 Å². The van der Waals surface area contributed by atoms with Crippen molar-refractivity contribution in [3.8, 4) is 0 Å². The molecule has 102 valence electrons. The van der Waals surface area contributed by atoms with Crippen molar-refractivity contribution in [3.63, 3.8) is 0 Å². The largest absolute Gasteiger partial charge is 0.467 e. The molecule has 1 fully saturated rings. The van der Waals surface area contributed by atoms with E-state index >= 15 is 0 Å². The first-order chi connectivity index (χ1) is 8.84. The average molecular weight is 253 g/mol. The summed E-state index contributed by atoms with van der Waals surface area (Å²) in [6.45, 7) is 2.37. The van der Waals surface area contributed by atoms with E-state index in [0.29, 0.717) is 19.8 Å². The van der Waals surface area contributed by atoms with Crippen molar-refractivity contribution in [2.75, 3.05) is 19.7 Å². The summed E-state index contributed by atoms with van der Waals surface area (Å²) in [5.41, 5.74) is 0. The quantitative estimate of drug-likeness (QED) is 0.660. The zero-order valence-corrected chi connectivity index (χ0v) is 10.8. The van der Waals surface area contributed by atoms with E-state index in [9.17, 15) is 5.11 Å². The van der Waals surface area contributed by atoms with Gasteiger partial charge >= 0.3 is 0 Å². The van der Waals surface area contributed by atoms with Gasteiger partial charge < -0.3 is 19.6 Å². The molecule has 18 heavy (non-hydrogen) atoms. The second-order valence-corrected chi connectivity index (χ2v) is 5.04. The number of nitrogens with one attached hydrogen (secondary N) is 1. The van der Waals surface area contributed by atoms with Crippen molar-refractivity contribution >= 4 is 0 Å². The maximum Gasteiger partial charge on any atom is 0.129 e. The van der Waals surface area contributed by atoms with E-state index in [0.717, 1.165) is 18.2 Å². The molecular weight excluding hydrogens is 230 g/mol. The molecule has 1 aromatic heterocycles. The fourth-order valence-corrected chi connectivity index (χ4v) is 2.11. The van der Waals surface area contributed by atoms with Crippen LogP contribution in [0.15, 0.2) is 22.8 Å².